The fourth-order valence-corrected chi connectivity index (χ4v) is 2.10. The second-order valence-electron chi connectivity index (χ2n) is 4.42. The molecule has 2 rings (SSSR count). The zero-order chi connectivity index (χ0) is 15.6. The number of hydrogen-bond donors (Lipinski definition) is 2. The number of aryl methyl sites for hydroxylation is 2. The number of halogens is 1. The fourth-order valence-electron chi connectivity index (χ4n) is 1.94. The molecule has 0 bridgehead atoms. The molecule has 0 atom stereocenters. The van der Waals surface area contributed by atoms with Gasteiger partial charge in [-0.15, -0.1) is 0 Å². The Labute approximate surface area is 127 Å². The van der Waals surface area contributed by atoms with E-state index in [1.807, 2.05) is 13.0 Å². The van der Waals surface area contributed by atoms with Gasteiger partial charge >= 0.3 is 0 Å². The highest BCUT2D eigenvalue weighted by atomic mass is 35.5. The van der Waals surface area contributed by atoms with Gasteiger partial charge in [0.25, 0.3) is 5.91 Å². The van der Waals surface area contributed by atoms with Gasteiger partial charge in [0.2, 0.25) is 0 Å². The van der Waals surface area contributed by atoms with E-state index in [0.29, 0.717) is 34.2 Å². The lowest BCUT2D eigenvalue weighted by Gasteiger charge is -2.09. The largest absolute Gasteiger partial charge is 0.395 e. The summed E-state index contributed by atoms with van der Waals surface area (Å²) in [7, 11) is 0. The first-order valence-electron chi connectivity index (χ1n) is 6.31. The van der Waals surface area contributed by atoms with Crippen LogP contribution in [0.5, 0.6) is 0 Å². The van der Waals surface area contributed by atoms with Crippen molar-refractivity contribution in [3.8, 4) is 6.07 Å². The van der Waals surface area contributed by atoms with Crippen molar-refractivity contribution in [3.05, 3.63) is 40.2 Å². The number of carbonyl (C=O) groups excluding carboxylic acids is 1. The van der Waals surface area contributed by atoms with Crippen molar-refractivity contribution >= 4 is 28.9 Å². The lowest BCUT2D eigenvalue weighted by Crippen LogP contribution is -2.19. The Hall–Kier alpha value is -2.52. The molecular formula is C14H14ClN5O. The lowest BCUT2D eigenvalue weighted by molar-refractivity contribution is 0.101. The predicted molar refractivity (Wildman–Crippen MR) is 81.2 cm³/mol. The molecule has 108 valence electrons. The maximum Gasteiger partial charge on any atom is 0.276 e. The minimum absolute atomic E-state index is 0.286. The Morgan fingerprint density at radius 1 is 1.57 bits per heavy atom. The third-order valence-electron chi connectivity index (χ3n) is 3.03. The number of carbonyl (C=O) groups is 1. The summed E-state index contributed by atoms with van der Waals surface area (Å²) in [5, 5.41) is 16.1. The van der Waals surface area contributed by atoms with E-state index in [1.165, 1.54) is 10.7 Å². The van der Waals surface area contributed by atoms with Crippen LogP contribution in [0.1, 0.15) is 28.7 Å². The Balaban J connectivity index is 2.37. The molecule has 0 saturated carbocycles. The zero-order valence-corrected chi connectivity index (χ0v) is 12.4. The van der Waals surface area contributed by atoms with Crippen LogP contribution in [0.2, 0.25) is 5.02 Å². The Bertz CT molecular complexity index is 745. The summed E-state index contributed by atoms with van der Waals surface area (Å²) >= 11 is 6.03. The third kappa shape index (κ3) is 2.83. The molecule has 7 heteroatoms. The summed E-state index contributed by atoms with van der Waals surface area (Å²) in [5.41, 5.74) is 7.88. The number of anilines is 2. The average molecular weight is 304 g/mol. The van der Waals surface area contributed by atoms with E-state index < -0.39 is 5.91 Å². The minimum Gasteiger partial charge on any atom is -0.395 e. The Morgan fingerprint density at radius 2 is 2.29 bits per heavy atom. The highest BCUT2D eigenvalue weighted by Gasteiger charge is 2.20. The third-order valence-corrected chi connectivity index (χ3v) is 3.36. The van der Waals surface area contributed by atoms with Gasteiger partial charge in [0.05, 0.1) is 33.7 Å². The fraction of sp³-hybridized carbons (Fsp3) is 0.214. The number of nitrogen functional groups attached to an aromatic ring is 1. The van der Waals surface area contributed by atoms with Crippen LogP contribution in [0.4, 0.5) is 11.4 Å². The van der Waals surface area contributed by atoms with Crippen LogP contribution in [-0.4, -0.2) is 15.7 Å². The molecule has 0 fully saturated rings. The average Bonchev–Trinajstić information content (AvgIpc) is 2.76. The second kappa shape index (κ2) is 5.85. The molecule has 0 aliphatic carbocycles. The van der Waals surface area contributed by atoms with Gasteiger partial charge in [0.15, 0.2) is 0 Å². The van der Waals surface area contributed by atoms with Crippen LogP contribution in [0.3, 0.4) is 0 Å². The molecule has 0 radical (unpaired) electrons. The van der Waals surface area contributed by atoms with Crippen LogP contribution < -0.4 is 11.1 Å². The van der Waals surface area contributed by atoms with E-state index in [4.69, 9.17) is 22.6 Å². The molecule has 1 aromatic carbocycles. The van der Waals surface area contributed by atoms with Gasteiger partial charge in [-0.05, 0) is 32.0 Å². The Morgan fingerprint density at radius 3 is 2.90 bits per heavy atom. The molecule has 0 aliphatic heterocycles. The van der Waals surface area contributed by atoms with Crippen molar-refractivity contribution in [2.45, 2.75) is 20.4 Å². The van der Waals surface area contributed by atoms with Gasteiger partial charge in [0.1, 0.15) is 5.69 Å². The highest BCUT2D eigenvalue weighted by molar-refractivity contribution is 6.34. The Kier molecular flexibility index (Phi) is 4.15. The first-order chi connectivity index (χ1) is 9.97. The summed E-state index contributed by atoms with van der Waals surface area (Å²) in [6.07, 6.45) is 0. The van der Waals surface area contributed by atoms with Gasteiger partial charge < -0.3 is 11.1 Å². The molecule has 0 spiro atoms. The van der Waals surface area contributed by atoms with Gasteiger partial charge in [0, 0.05) is 6.54 Å². The summed E-state index contributed by atoms with van der Waals surface area (Å²) in [4.78, 5) is 12.4. The number of hydrogen-bond acceptors (Lipinski definition) is 4. The number of nitrogens with two attached hydrogens (primary N) is 1. The molecule has 6 nitrogen and oxygen atoms in total. The van der Waals surface area contributed by atoms with E-state index in [-0.39, 0.29) is 5.69 Å². The standard InChI is InChI=1S/C14H14ClN5O/c1-3-20-13(12(17)8(2)19-20)14(21)18-11-6-9(7-16)4-5-10(11)15/h4-6H,3,17H2,1-2H3,(H,18,21). The number of amides is 1. The normalized spacial score (nSPS) is 10.2. The number of rotatable bonds is 3. The van der Waals surface area contributed by atoms with E-state index in [0.717, 1.165) is 0 Å². The van der Waals surface area contributed by atoms with E-state index >= 15 is 0 Å². The molecule has 3 N–H and O–H groups in total. The molecule has 0 saturated heterocycles. The summed E-state index contributed by atoms with van der Waals surface area (Å²) in [6.45, 7) is 4.13. The van der Waals surface area contributed by atoms with Gasteiger partial charge in [-0.3, -0.25) is 9.48 Å². The highest BCUT2D eigenvalue weighted by Crippen LogP contribution is 2.25. The van der Waals surface area contributed by atoms with E-state index in [1.54, 1.807) is 19.1 Å². The predicted octanol–water partition coefficient (Wildman–Crippen LogP) is 2.57. The quantitative estimate of drug-likeness (QED) is 0.910. The monoisotopic (exact) mass is 303 g/mol. The summed E-state index contributed by atoms with van der Waals surface area (Å²) in [6, 6.07) is 6.64. The van der Waals surface area contributed by atoms with Crippen molar-refractivity contribution in [1.29, 1.82) is 5.26 Å². The first kappa shape index (κ1) is 14.9. The van der Waals surface area contributed by atoms with Gasteiger partial charge in [-0.2, -0.15) is 10.4 Å². The van der Waals surface area contributed by atoms with Crippen LogP contribution in [0.25, 0.3) is 0 Å². The number of nitriles is 1. The van der Waals surface area contributed by atoms with Crippen LogP contribution >= 0.6 is 11.6 Å². The molecule has 21 heavy (non-hydrogen) atoms. The zero-order valence-electron chi connectivity index (χ0n) is 11.6. The molecule has 0 unspecified atom stereocenters. The first-order valence-corrected chi connectivity index (χ1v) is 6.69. The van der Waals surface area contributed by atoms with Gasteiger partial charge in [-0.25, -0.2) is 0 Å². The molecule has 0 aliphatic rings. The SMILES string of the molecule is CCn1nc(C)c(N)c1C(=O)Nc1cc(C#N)ccc1Cl. The minimum atomic E-state index is -0.410. The van der Waals surface area contributed by atoms with Gasteiger partial charge in [-0.1, -0.05) is 11.6 Å². The number of aromatic nitrogens is 2. The molecule has 2 aromatic rings. The topological polar surface area (TPSA) is 96.7 Å². The van der Waals surface area contributed by atoms with Crippen molar-refractivity contribution in [2.75, 3.05) is 11.1 Å². The number of nitrogens with one attached hydrogen (secondary N) is 1. The molecule has 1 aromatic heterocycles. The van der Waals surface area contributed by atoms with E-state index in [9.17, 15) is 4.79 Å². The van der Waals surface area contributed by atoms with Crippen molar-refractivity contribution < 1.29 is 4.79 Å². The van der Waals surface area contributed by atoms with Crippen LogP contribution in [0, 0.1) is 18.3 Å². The maximum atomic E-state index is 12.4. The van der Waals surface area contributed by atoms with Crippen molar-refractivity contribution in [1.82, 2.24) is 9.78 Å². The lowest BCUT2D eigenvalue weighted by atomic mass is 10.2. The van der Waals surface area contributed by atoms with Crippen molar-refractivity contribution in [2.24, 2.45) is 0 Å². The number of benzene rings is 1. The smallest absolute Gasteiger partial charge is 0.276 e. The summed E-state index contributed by atoms with van der Waals surface area (Å²) in [5.74, 6) is -0.410. The molecule has 1 heterocycles. The molecule has 1 amide bonds. The maximum absolute atomic E-state index is 12.4. The van der Waals surface area contributed by atoms with E-state index in [2.05, 4.69) is 10.4 Å². The summed E-state index contributed by atoms with van der Waals surface area (Å²) < 4.78 is 1.53. The van der Waals surface area contributed by atoms with Crippen LogP contribution in [0.15, 0.2) is 18.2 Å². The second-order valence-corrected chi connectivity index (χ2v) is 4.83. The van der Waals surface area contributed by atoms with Crippen LogP contribution in [-0.2, 0) is 6.54 Å². The van der Waals surface area contributed by atoms with Crippen molar-refractivity contribution in [3.63, 3.8) is 0 Å². The number of nitrogens with zero attached hydrogens (tertiary/aromatic N) is 3. The molecular weight excluding hydrogens is 290 g/mol.